The van der Waals surface area contributed by atoms with E-state index in [-0.39, 0.29) is 31.3 Å². The summed E-state index contributed by atoms with van der Waals surface area (Å²) in [6.45, 7) is 3.50. The van der Waals surface area contributed by atoms with Crippen LogP contribution in [0.2, 0.25) is 0 Å². The molecule has 0 N–H and O–H groups in total. The average Bonchev–Trinajstić information content (AvgIpc) is 2.84. The Morgan fingerprint density at radius 3 is 2.71 bits per heavy atom. The fourth-order valence-electron chi connectivity index (χ4n) is 1.73. The van der Waals surface area contributed by atoms with Gasteiger partial charge in [0.1, 0.15) is 5.58 Å². The molecule has 0 unspecified atom stereocenters. The zero-order valence-corrected chi connectivity index (χ0v) is 11.8. The number of esters is 2. The number of carbonyl (C=O) groups is 2. The molecule has 0 aliphatic rings. The van der Waals surface area contributed by atoms with Crippen LogP contribution in [0.5, 0.6) is 5.75 Å². The predicted molar refractivity (Wildman–Crippen MR) is 72.1 cm³/mol. The number of ether oxygens (including phenoxy) is 3. The lowest BCUT2D eigenvalue weighted by molar-refractivity contribution is -0.145. The Labute approximate surface area is 120 Å². The summed E-state index contributed by atoms with van der Waals surface area (Å²) in [6, 6.07) is 1.59. The van der Waals surface area contributed by atoms with E-state index in [9.17, 15) is 9.59 Å². The van der Waals surface area contributed by atoms with Crippen molar-refractivity contribution in [2.24, 2.45) is 0 Å². The molecule has 0 atom stereocenters. The lowest BCUT2D eigenvalue weighted by Gasteiger charge is -2.06. The van der Waals surface area contributed by atoms with Crippen molar-refractivity contribution in [2.75, 3.05) is 19.8 Å². The summed E-state index contributed by atoms with van der Waals surface area (Å²) in [7, 11) is 0. The second kappa shape index (κ2) is 6.74. The molecular formula is C14H15NO6. The summed E-state index contributed by atoms with van der Waals surface area (Å²) in [5.74, 6) is -1.16. The summed E-state index contributed by atoms with van der Waals surface area (Å²) >= 11 is 0. The normalized spacial score (nSPS) is 10.4. The molecule has 0 saturated heterocycles. The third-order valence-corrected chi connectivity index (χ3v) is 2.54. The number of hydrogen-bond acceptors (Lipinski definition) is 7. The highest BCUT2D eigenvalue weighted by Crippen LogP contribution is 2.33. The largest absolute Gasteiger partial charge is 0.477 e. The van der Waals surface area contributed by atoms with E-state index in [1.807, 2.05) is 0 Å². The van der Waals surface area contributed by atoms with E-state index in [2.05, 4.69) is 4.98 Å². The minimum Gasteiger partial charge on any atom is -0.477 e. The van der Waals surface area contributed by atoms with Crippen molar-refractivity contribution >= 4 is 22.9 Å². The molecule has 21 heavy (non-hydrogen) atoms. The van der Waals surface area contributed by atoms with Crippen molar-refractivity contribution in [1.29, 1.82) is 0 Å². The van der Waals surface area contributed by atoms with Crippen LogP contribution in [-0.4, -0.2) is 36.7 Å². The molecule has 2 aromatic rings. The molecule has 0 aliphatic heterocycles. The van der Waals surface area contributed by atoms with Gasteiger partial charge in [0, 0.05) is 12.4 Å². The quantitative estimate of drug-likeness (QED) is 0.752. The summed E-state index contributed by atoms with van der Waals surface area (Å²) in [5, 5.41) is 0.491. The Morgan fingerprint density at radius 2 is 2.00 bits per heavy atom. The number of fused-ring (bicyclic) bond motifs is 1. The molecule has 7 heteroatoms. The molecule has 0 aliphatic carbocycles. The number of furan rings is 1. The lowest BCUT2D eigenvalue weighted by atomic mass is 10.3. The Bertz CT molecular complexity index is 648. The fraction of sp³-hybridized carbons (Fsp3) is 0.357. The molecule has 112 valence electrons. The molecule has 7 nitrogen and oxygen atoms in total. The van der Waals surface area contributed by atoms with E-state index in [4.69, 9.17) is 18.6 Å². The van der Waals surface area contributed by atoms with Crippen molar-refractivity contribution in [2.45, 2.75) is 13.8 Å². The summed E-state index contributed by atoms with van der Waals surface area (Å²) in [6.07, 6.45) is 3.01. The predicted octanol–water partition coefficient (Wildman–Crippen LogP) is 1.95. The molecule has 2 aromatic heterocycles. The second-order valence-corrected chi connectivity index (χ2v) is 3.95. The Morgan fingerprint density at radius 1 is 1.24 bits per heavy atom. The van der Waals surface area contributed by atoms with Gasteiger partial charge in [-0.2, -0.15) is 0 Å². The summed E-state index contributed by atoms with van der Waals surface area (Å²) < 4.78 is 20.5. The first kappa shape index (κ1) is 14.8. The van der Waals surface area contributed by atoms with E-state index in [1.165, 1.54) is 12.4 Å². The van der Waals surface area contributed by atoms with Crippen molar-refractivity contribution in [3.63, 3.8) is 0 Å². The highest BCUT2D eigenvalue weighted by atomic mass is 16.6. The number of rotatable bonds is 6. The van der Waals surface area contributed by atoms with Gasteiger partial charge in [-0.3, -0.25) is 4.98 Å². The Hall–Kier alpha value is -2.57. The molecule has 0 amide bonds. The number of carbonyl (C=O) groups excluding carboxylic acids is 2. The van der Waals surface area contributed by atoms with Gasteiger partial charge in [0.25, 0.3) is 5.76 Å². The van der Waals surface area contributed by atoms with E-state index < -0.39 is 11.9 Å². The van der Waals surface area contributed by atoms with Crippen molar-refractivity contribution < 1.29 is 28.2 Å². The zero-order valence-electron chi connectivity index (χ0n) is 11.8. The van der Waals surface area contributed by atoms with E-state index in [0.29, 0.717) is 11.0 Å². The SMILES string of the molecule is CCOC(=O)COc1c(C(=O)OCC)oc2ccncc12. The van der Waals surface area contributed by atoms with Gasteiger partial charge in [-0.25, -0.2) is 9.59 Å². The molecule has 0 bridgehead atoms. The van der Waals surface area contributed by atoms with Gasteiger partial charge in [-0.1, -0.05) is 0 Å². The number of hydrogen-bond donors (Lipinski definition) is 0. The maximum atomic E-state index is 11.9. The lowest BCUT2D eigenvalue weighted by Crippen LogP contribution is -2.16. The third-order valence-electron chi connectivity index (χ3n) is 2.54. The van der Waals surface area contributed by atoms with Crippen molar-refractivity contribution in [1.82, 2.24) is 4.98 Å². The molecule has 0 fully saturated rings. The van der Waals surface area contributed by atoms with Crippen LogP contribution in [0.3, 0.4) is 0 Å². The first-order valence-corrected chi connectivity index (χ1v) is 6.49. The highest BCUT2D eigenvalue weighted by molar-refractivity contribution is 5.98. The first-order valence-electron chi connectivity index (χ1n) is 6.49. The smallest absolute Gasteiger partial charge is 0.378 e. The van der Waals surface area contributed by atoms with Crippen molar-refractivity contribution in [3.05, 3.63) is 24.2 Å². The standard InChI is InChI=1S/C14H15NO6/c1-3-18-11(16)8-20-12-9-7-15-6-5-10(9)21-13(12)14(17)19-4-2/h5-7H,3-4,8H2,1-2H3. The molecule has 2 rings (SSSR count). The van der Waals surface area contributed by atoms with Crippen LogP contribution < -0.4 is 4.74 Å². The van der Waals surface area contributed by atoms with Crippen LogP contribution in [0.25, 0.3) is 11.0 Å². The summed E-state index contributed by atoms with van der Waals surface area (Å²) in [4.78, 5) is 27.2. The average molecular weight is 293 g/mol. The number of pyridine rings is 1. The minimum absolute atomic E-state index is 0.0934. The molecule has 0 saturated carbocycles. The number of aromatic nitrogens is 1. The van der Waals surface area contributed by atoms with Gasteiger partial charge in [0.05, 0.1) is 18.6 Å². The van der Waals surface area contributed by atoms with E-state index in [1.54, 1.807) is 19.9 Å². The van der Waals surface area contributed by atoms with Crippen LogP contribution in [-0.2, 0) is 14.3 Å². The van der Waals surface area contributed by atoms with Gasteiger partial charge >= 0.3 is 11.9 Å². The zero-order chi connectivity index (χ0) is 15.2. The summed E-state index contributed by atoms with van der Waals surface area (Å²) in [5.41, 5.74) is 0.423. The fourth-order valence-corrected chi connectivity index (χ4v) is 1.73. The van der Waals surface area contributed by atoms with Crippen LogP contribution >= 0.6 is 0 Å². The van der Waals surface area contributed by atoms with Gasteiger partial charge in [0.15, 0.2) is 12.4 Å². The third kappa shape index (κ3) is 3.31. The van der Waals surface area contributed by atoms with Gasteiger partial charge in [-0.15, -0.1) is 0 Å². The molecule has 0 aromatic carbocycles. The Kier molecular flexibility index (Phi) is 4.76. The monoisotopic (exact) mass is 293 g/mol. The highest BCUT2D eigenvalue weighted by Gasteiger charge is 2.24. The van der Waals surface area contributed by atoms with E-state index >= 15 is 0 Å². The van der Waals surface area contributed by atoms with Crippen molar-refractivity contribution in [3.8, 4) is 5.75 Å². The second-order valence-electron chi connectivity index (χ2n) is 3.95. The van der Waals surface area contributed by atoms with Gasteiger partial charge in [0.2, 0.25) is 0 Å². The molecular weight excluding hydrogens is 278 g/mol. The molecule has 0 spiro atoms. The first-order chi connectivity index (χ1) is 10.2. The van der Waals surface area contributed by atoms with Gasteiger partial charge < -0.3 is 18.6 Å². The maximum Gasteiger partial charge on any atom is 0.378 e. The Balaban J connectivity index is 2.31. The van der Waals surface area contributed by atoms with Crippen LogP contribution in [0, 0.1) is 0 Å². The molecule has 0 radical (unpaired) electrons. The van der Waals surface area contributed by atoms with Crippen LogP contribution in [0.4, 0.5) is 0 Å². The minimum atomic E-state index is -0.660. The topological polar surface area (TPSA) is 87.9 Å². The van der Waals surface area contributed by atoms with Gasteiger partial charge in [-0.05, 0) is 19.9 Å². The number of nitrogens with zero attached hydrogens (tertiary/aromatic N) is 1. The van der Waals surface area contributed by atoms with E-state index in [0.717, 1.165) is 0 Å². The van der Waals surface area contributed by atoms with Crippen LogP contribution in [0.15, 0.2) is 22.9 Å². The van der Waals surface area contributed by atoms with Crippen LogP contribution in [0.1, 0.15) is 24.4 Å². The maximum absolute atomic E-state index is 11.9. The molecule has 2 heterocycles.